The Morgan fingerprint density at radius 3 is 2.74 bits per heavy atom. The Balaban J connectivity index is 2.04. The first-order valence-electron chi connectivity index (χ1n) is 6.97. The van der Waals surface area contributed by atoms with Crippen molar-refractivity contribution in [3.63, 3.8) is 0 Å². The molecule has 0 unspecified atom stereocenters. The van der Waals surface area contributed by atoms with Crippen LogP contribution in [0.2, 0.25) is 5.02 Å². The fourth-order valence-corrected chi connectivity index (χ4v) is 3.24. The topological polar surface area (TPSA) is 102 Å². The maximum absolute atomic E-state index is 12.3. The van der Waals surface area contributed by atoms with Crippen LogP contribution in [0, 0.1) is 0 Å². The van der Waals surface area contributed by atoms with Crippen LogP contribution in [0.3, 0.4) is 0 Å². The van der Waals surface area contributed by atoms with Crippen molar-refractivity contribution in [1.29, 1.82) is 0 Å². The summed E-state index contributed by atoms with van der Waals surface area (Å²) in [6, 6.07) is 6.65. The Morgan fingerprint density at radius 2 is 2.04 bits per heavy atom. The van der Waals surface area contributed by atoms with Crippen LogP contribution in [0.5, 0.6) is 0 Å². The second kappa shape index (κ2) is 7.56. The minimum atomic E-state index is -3.77. The molecule has 9 heteroatoms. The zero-order chi connectivity index (χ0) is 16.9. The van der Waals surface area contributed by atoms with Crippen molar-refractivity contribution >= 4 is 27.3 Å². The summed E-state index contributed by atoms with van der Waals surface area (Å²) in [5.74, 6) is -0.267. The smallest absolute Gasteiger partial charge is 0.335 e. The summed E-state index contributed by atoms with van der Waals surface area (Å²) < 4.78 is 29.7. The van der Waals surface area contributed by atoms with E-state index in [4.69, 9.17) is 16.0 Å². The Hall–Kier alpha value is -1.93. The van der Waals surface area contributed by atoms with E-state index in [1.165, 1.54) is 0 Å². The Morgan fingerprint density at radius 1 is 1.30 bits per heavy atom. The average molecular weight is 358 g/mol. The van der Waals surface area contributed by atoms with Gasteiger partial charge in [0.2, 0.25) is 21.6 Å². The van der Waals surface area contributed by atoms with Crippen LogP contribution in [0.25, 0.3) is 0 Å². The molecular formula is C14H16ClN3O4S. The number of carbonyl (C=O) groups excluding carboxylic acids is 1. The predicted octanol–water partition coefficient (Wildman–Crippen LogP) is 1.77. The number of amides is 1. The summed E-state index contributed by atoms with van der Waals surface area (Å²) >= 11 is 5.96. The maximum atomic E-state index is 12.3. The molecule has 0 aliphatic rings. The van der Waals surface area contributed by atoms with Crippen LogP contribution in [-0.4, -0.2) is 31.1 Å². The number of hydrogen-bond donors (Lipinski definition) is 1. The van der Waals surface area contributed by atoms with Crippen molar-refractivity contribution in [3.05, 3.63) is 40.7 Å². The second-order valence-corrected chi connectivity index (χ2v) is 7.04. The SMILES string of the molecule is CCC(=O)NCCc1nnc(S(=O)(=O)Cc2ccccc2Cl)o1. The summed E-state index contributed by atoms with van der Waals surface area (Å²) in [5.41, 5.74) is 0.462. The van der Waals surface area contributed by atoms with Gasteiger partial charge in [0.25, 0.3) is 0 Å². The summed E-state index contributed by atoms with van der Waals surface area (Å²) in [5, 5.41) is 9.81. The van der Waals surface area contributed by atoms with E-state index in [1.54, 1.807) is 31.2 Å². The van der Waals surface area contributed by atoms with Gasteiger partial charge in [0.05, 0.1) is 5.75 Å². The van der Waals surface area contributed by atoms with Crippen molar-refractivity contribution in [1.82, 2.24) is 15.5 Å². The third kappa shape index (κ3) is 4.77. The lowest BCUT2D eigenvalue weighted by molar-refractivity contribution is -0.120. The Labute approximate surface area is 139 Å². The molecule has 23 heavy (non-hydrogen) atoms. The molecule has 0 fully saturated rings. The third-order valence-electron chi connectivity index (χ3n) is 3.00. The first-order valence-corrected chi connectivity index (χ1v) is 9.00. The molecule has 1 aromatic carbocycles. The summed E-state index contributed by atoms with van der Waals surface area (Å²) in [6.45, 7) is 2.04. The highest BCUT2D eigenvalue weighted by Gasteiger charge is 2.24. The highest BCUT2D eigenvalue weighted by atomic mass is 35.5. The molecule has 1 N–H and O–H groups in total. The summed E-state index contributed by atoms with van der Waals surface area (Å²) in [4.78, 5) is 11.1. The largest absolute Gasteiger partial charge is 0.412 e. The monoisotopic (exact) mass is 357 g/mol. The van der Waals surface area contributed by atoms with E-state index in [0.29, 0.717) is 23.6 Å². The number of hydrogen-bond acceptors (Lipinski definition) is 6. The number of aromatic nitrogens is 2. The Kier molecular flexibility index (Phi) is 5.73. The quantitative estimate of drug-likeness (QED) is 0.810. The third-order valence-corrected chi connectivity index (χ3v) is 4.76. The van der Waals surface area contributed by atoms with Gasteiger partial charge >= 0.3 is 5.22 Å². The number of benzene rings is 1. The van der Waals surface area contributed by atoms with Crippen LogP contribution in [-0.2, 0) is 26.8 Å². The summed E-state index contributed by atoms with van der Waals surface area (Å²) in [7, 11) is -3.77. The van der Waals surface area contributed by atoms with E-state index in [0.717, 1.165) is 0 Å². The van der Waals surface area contributed by atoms with Crippen LogP contribution in [0.15, 0.2) is 33.9 Å². The molecule has 2 rings (SSSR count). The van der Waals surface area contributed by atoms with Crippen LogP contribution in [0.1, 0.15) is 24.8 Å². The lowest BCUT2D eigenvalue weighted by atomic mass is 10.2. The lowest BCUT2D eigenvalue weighted by Gasteiger charge is -2.02. The van der Waals surface area contributed by atoms with Crippen molar-refractivity contribution in [3.8, 4) is 0 Å². The molecule has 0 atom stereocenters. The molecule has 1 amide bonds. The highest BCUT2D eigenvalue weighted by Crippen LogP contribution is 2.21. The molecular weight excluding hydrogens is 342 g/mol. The molecule has 0 spiro atoms. The number of halogens is 1. The molecule has 1 aromatic heterocycles. The summed E-state index contributed by atoms with van der Waals surface area (Å²) in [6.07, 6.45) is 0.641. The number of carbonyl (C=O) groups is 1. The van der Waals surface area contributed by atoms with Crippen LogP contribution >= 0.6 is 11.6 Å². The van der Waals surface area contributed by atoms with Crippen molar-refractivity contribution in [2.24, 2.45) is 0 Å². The fraction of sp³-hybridized carbons (Fsp3) is 0.357. The molecule has 0 saturated carbocycles. The predicted molar refractivity (Wildman–Crippen MR) is 83.6 cm³/mol. The van der Waals surface area contributed by atoms with Gasteiger partial charge in [-0.15, -0.1) is 5.10 Å². The first-order chi connectivity index (χ1) is 10.9. The lowest BCUT2D eigenvalue weighted by Crippen LogP contribution is -2.24. The van der Waals surface area contributed by atoms with Crippen molar-refractivity contribution < 1.29 is 17.6 Å². The number of sulfone groups is 1. The fourth-order valence-electron chi connectivity index (χ4n) is 1.78. The first kappa shape index (κ1) is 17.4. The van der Waals surface area contributed by atoms with Gasteiger partial charge in [-0.2, -0.15) is 0 Å². The van der Waals surface area contributed by atoms with Gasteiger partial charge in [0.15, 0.2) is 0 Å². The van der Waals surface area contributed by atoms with E-state index >= 15 is 0 Å². The zero-order valence-corrected chi connectivity index (χ0v) is 14.0. The molecule has 2 aromatic rings. The molecule has 0 saturated heterocycles. The molecule has 0 aliphatic heterocycles. The van der Waals surface area contributed by atoms with Crippen molar-refractivity contribution in [2.75, 3.05) is 6.54 Å². The average Bonchev–Trinajstić information content (AvgIpc) is 2.99. The van der Waals surface area contributed by atoms with Gasteiger partial charge in [-0.25, -0.2) is 8.42 Å². The Bertz CT molecular complexity index is 789. The molecule has 0 bridgehead atoms. The highest BCUT2D eigenvalue weighted by molar-refractivity contribution is 7.90. The normalized spacial score (nSPS) is 11.4. The molecule has 124 valence electrons. The zero-order valence-electron chi connectivity index (χ0n) is 12.5. The van der Waals surface area contributed by atoms with Gasteiger partial charge < -0.3 is 9.73 Å². The molecule has 0 radical (unpaired) electrons. The number of rotatable bonds is 7. The second-order valence-electron chi connectivity index (χ2n) is 4.77. The molecule has 0 aliphatic carbocycles. The van der Waals surface area contributed by atoms with E-state index in [2.05, 4.69) is 15.5 Å². The van der Waals surface area contributed by atoms with E-state index in [1.807, 2.05) is 0 Å². The minimum absolute atomic E-state index is 0.101. The van der Waals surface area contributed by atoms with Gasteiger partial charge in [0, 0.05) is 24.4 Å². The van der Waals surface area contributed by atoms with E-state index < -0.39 is 15.1 Å². The van der Waals surface area contributed by atoms with Crippen molar-refractivity contribution in [2.45, 2.75) is 30.7 Å². The van der Waals surface area contributed by atoms with Gasteiger partial charge in [-0.1, -0.05) is 41.8 Å². The van der Waals surface area contributed by atoms with Gasteiger partial charge in [-0.3, -0.25) is 4.79 Å². The van der Waals surface area contributed by atoms with E-state index in [9.17, 15) is 13.2 Å². The number of nitrogens with one attached hydrogen (secondary N) is 1. The van der Waals surface area contributed by atoms with Gasteiger partial charge in [0.1, 0.15) is 0 Å². The van der Waals surface area contributed by atoms with E-state index in [-0.39, 0.29) is 24.0 Å². The van der Waals surface area contributed by atoms with Crippen LogP contribution < -0.4 is 5.32 Å². The van der Waals surface area contributed by atoms with Gasteiger partial charge in [-0.05, 0) is 11.6 Å². The standard InChI is InChI=1S/C14H16ClN3O4S/c1-2-12(19)16-8-7-13-17-18-14(22-13)23(20,21)9-10-5-3-4-6-11(10)15/h3-6H,2,7-9H2,1H3,(H,16,19). The number of nitrogens with zero attached hydrogens (tertiary/aromatic N) is 2. The molecule has 1 heterocycles. The minimum Gasteiger partial charge on any atom is -0.412 e. The maximum Gasteiger partial charge on any atom is 0.335 e. The molecule has 7 nitrogen and oxygen atoms in total. The van der Waals surface area contributed by atoms with Crippen LogP contribution in [0.4, 0.5) is 0 Å².